The molecule has 1 N–H and O–H groups in total. The van der Waals surface area contributed by atoms with Gasteiger partial charge in [-0.1, -0.05) is 52.8 Å². The van der Waals surface area contributed by atoms with Crippen LogP contribution in [0.25, 0.3) is 27.6 Å². The number of pyridine rings is 1. The number of furan rings is 1. The Labute approximate surface area is 176 Å². The third-order valence-electron chi connectivity index (χ3n) is 6.11. The molecule has 154 valence electrons. The van der Waals surface area contributed by atoms with Crippen molar-refractivity contribution in [2.45, 2.75) is 58.8 Å². The summed E-state index contributed by atoms with van der Waals surface area (Å²) in [6, 6.07) is 12.9. The summed E-state index contributed by atoms with van der Waals surface area (Å²) in [4.78, 5) is 5.00. The lowest BCUT2D eigenvalue weighted by Crippen LogP contribution is -2.21. The van der Waals surface area contributed by atoms with Gasteiger partial charge in [0.15, 0.2) is 5.58 Å². The zero-order valence-electron chi connectivity index (χ0n) is 18.5. The maximum atomic E-state index is 6.18. The van der Waals surface area contributed by atoms with Crippen molar-refractivity contribution in [3.63, 3.8) is 0 Å². The molecule has 0 unspecified atom stereocenters. The van der Waals surface area contributed by atoms with E-state index in [1.54, 1.807) is 6.20 Å². The van der Waals surface area contributed by atoms with Crippen LogP contribution in [-0.2, 0) is 17.3 Å². The first kappa shape index (κ1) is 18.9. The van der Waals surface area contributed by atoms with Crippen molar-refractivity contribution in [2.75, 3.05) is 0 Å². The van der Waals surface area contributed by atoms with Crippen LogP contribution in [-0.4, -0.2) is 19.6 Å². The van der Waals surface area contributed by atoms with E-state index in [-0.39, 0.29) is 10.8 Å². The van der Waals surface area contributed by atoms with E-state index in [1.165, 1.54) is 16.8 Å². The molecule has 0 fully saturated rings. The normalized spacial score (nSPS) is 13.1. The van der Waals surface area contributed by atoms with Gasteiger partial charge in [-0.2, -0.15) is 5.10 Å². The van der Waals surface area contributed by atoms with Crippen molar-refractivity contribution in [3.05, 3.63) is 65.4 Å². The topological polar surface area (TPSA) is 59.1 Å². The number of benzene rings is 1. The van der Waals surface area contributed by atoms with Crippen LogP contribution in [0.3, 0.4) is 0 Å². The second-order valence-corrected chi connectivity index (χ2v) is 9.94. The van der Waals surface area contributed by atoms with Gasteiger partial charge >= 0.3 is 0 Å². The minimum absolute atomic E-state index is 0.0483. The first-order valence-corrected chi connectivity index (χ1v) is 10.5. The summed E-state index contributed by atoms with van der Waals surface area (Å²) in [5.74, 6) is 1.04. The minimum atomic E-state index is -0.152. The fraction of sp³-hybridized carbons (Fsp3) is 0.360. The van der Waals surface area contributed by atoms with Crippen LogP contribution in [0.4, 0.5) is 0 Å². The molecule has 0 saturated heterocycles. The molecule has 0 atom stereocenters. The highest BCUT2D eigenvalue weighted by Crippen LogP contribution is 2.38. The van der Waals surface area contributed by atoms with Crippen molar-refractivity contribution < 1.29 is 4.42 Å². The molecule has 0 bridgehead atoms. The van der Waals surface area contributed by atoms with Crippen molar-refractivity contribution in [3.8, 4) is 0 Å². The van der Waals surface area contributed by atoms with Gasteiger partial charge < -0.3 is 8.82 Å². The number of aromatic nitrogens is 4. The van der Waals surface area contributed by atoms with Crippen LogP contribution in [0, 0.1) is 6.92 Å². The molecule has 0 aliphatic heterocycles. The lowest BCUT2D eigenvalue weighted by atomic mass is 9.79. The van der Waals surface area contributed by atoms with E-state index < -0.39 is 0 Å². The van der Waals surface area contributed by atoms with E-state index in [1.807, 2.05) is 0 Å². The van der Waals surface area contributed by atoms with Crippen molar-refractivity contribution in [1.29, 1.82) is 0 Å². The molecule has 4 aromatic heterocycles. The van der Waals surface area contributed by atoms with Gasteiger partial charge in [0.05, 0.1) is 17.4 Å². The molecule has 0 radical (unpaired) electrons. The molecule has 30 heavy (non-hydrogen) atoms. The third kappa shape index (κ3) is 2.76. The molecular formula is C25H28N4O. The Hall–Kier alpha value is -3.08. The largest absolute Gasteiger partial charge is 0.452 e. The van der Waals surface area contributed by atoms with E-state index in [0.29, 0.717) is 0 Å². The molecule has 0 aliphatic rings. The highest BCUT2D eigenvalue weighted by molar-refractivity contribution is 6.03. The van der Waals surface area contributed by atoms with Crippen LogP contribution in [0.15, 0.2) is 47.0 Å². The monoisotopic (exact) mass is 400 g/mol. The van der Waals surface area contributed by atoms with Crippen molar-refractivity contribution in [1.82, 2.24) is 19.6 Å². The van der Waals surface area contributed by atoms with Gasteiger partial charge in [-0.05, 0) is 30.5 Å². The quantitative estimate of drug-likeness (QED) is 0.399. The number of aromatic amines is 1. The fourth-order valence-electron chi connectivity index (χ4n) is 4.65. The molecule has 4 heterocycles. The number of imidazole rings is 1. The molecular weight excluding hydrogens is 372 g/mol. The number of H-pyrrole nitrogens is 1. The average Bonchev–Trinajstić information content (AvgIpc) is 3.34. The van der Waals surface area contributed by atoms with Crippen LogP contribution in [0.1, 0.15) is 57.4 Å². The Morgan fingerprint density at radius 1 is 1.03 bits per heavy atom. The second kappa shape index (κ2) is 6.21. The molecule has 0 spiro atoms. The number of hydrogen-bond acceptors (Lipinski definition) is 3. The highest BCUT2D eigenvalue weighted by Gasteiger charge is 2.29. The summed E-state index contributed by atoms with van der Waals surface area (Å²) in [5, 5.41) is 8.24. The molecule has 5 rings (SSSR count). The average molecular weight is 401 g/mol. The Balaban J connectivity index is 1.64. The molecule has 0 amide bonds. The van der Waals surface area contributed by atoms with Crippen molar-refractivity contribution in [2.24, 2.45) is 0 Å². The molecule has 0 aliphatic carbocycles. The van der Waals surface area contributed by atoms with Gasteiger partial charge in [0, 0.05) is 28.5 Å². The fourth-order valence-corrected chi connectivity index (χ4v) is 4.65. The van der Waals surface area contributed by atoms with Gasteiger partial charge in [0.25, 0.3) is 0 Å². The summed E-state index contributed by atoms with van der Waals surface area (Å²) in [6.45, 7) is 13.4. The van der Waals surface area contributed by atoms with E-state index in [2.05, 4.69) is 92.5 Å². The van der Waals surface area contributed by atoms with Crippen LogP contribution in [0.5, 0.6) is 0 Å². The first-order valence-electron chi connectivity index (χ1n) is 10.5. The summed E-state index contributed by atoms with van der Waals surface area (Å²) < 4.78 is 8.50. The maximum absolute atomic E-state index is 6.18. The predicted octanol–water partition coefficient (Wildman–Crippen LogP) is 6.08. The van der Waals surface area contributed by atoms with E-state index in [4.69, 9.17) is 9.40 Å². The maximum Gasteiger partial charge on any atom is 0.173 e. The molecule has 5 aromatic rings. The van der Waals surface area contributed by atoms with Gasteiger partial charge in [0.2, 0.25) is 0 Å². The first-order chi connectivity index (χ1) is 14.2. The Morgan fingerprint density at radius 3 is 2.57 bits per heavy atom. The standard InChI is InChI=1S/C25H28N4O/c1-15-27-18(19-11-8-12-21(29(15)19)24(2,3)4)13-25(5,6)17-10-7-9-16-22-20(14-26-28-22)30-23(16)17/h7-12,14H,13H2,1-6H3,(H,26,28). The SMILES string of the molecule is Cc1nc(CC(C)(C)c2cccc3c2oc2cn[nH]c23)c2cccc(C(C)(C)C)n12. The predicted molar refractivity (Wildman–Crippen MR) is 121 cm³/mol. The zero-order valence-corrected chi connectivity index (χ0v) is 18.5. The summed E-state index contributed by atoms with van der Waals surface area (Å²) in [5.41, 5.74) is 7.37. The number of nitrogens with zero attached hydrogens (tertiary/aromatic N) is 3. The van der Waals surface area contributed by atoms with E-state index in [9.17, 15) is 0 Å². The van der Waals surface area contributed by atoms with Crippen LogP contribution < -0.4 is 0 Å². The number of aryl methyl sites for hydroxylation is 1. The lowest BCUT2D eigenvalue weighted by Gasteiger charge is -2.25. The van der Waals surface area contributed by atoms with Gasteiger partial charge in [-0.15, -0.1) is 0 Å². The smallest absolute Gasteiger partial charge is 0.173 e. The summed E-state index contributed by atoms with van der Waals surface area (Å²) in [7, 11) is 0. The number of fused-ring (bicyclic) bond motifs is 4. The lowest BCUT2D eigenvalue weighted by molar-refractivity contribution is 0.511. The number of nitrogens with one attached hydrogen (secondary N) is 1. The second-order valence-electron chi connectivity index (χ2n) is 9.94. The molecule has 1 aromatic carbocycles. The summed E-state index contributed by atoms with van der Waals surface area (Å²) in [6.07, 6.45) is 2.57. The van der Waals surface area contributed by atoms with Gasteiger partial charge in [-0.25, -0.2) is 4.98 Å². The third-order valence-corrected chi connectivity index (χ3v) is 6.11. The van der Waals surface area contributed by atoms with Crippen molar-refractivity contribution >= 4 is 27.6 Å². The number of hydrogen-bond donors (Lipinski definition) is 1. The van der Waals surface area contributed by atoms with Gasteiger partial charge in [-0.3, -0.25) is 5.10 Å². The number of para-hydroxylation sites is 1. The Kier molecular flexibility index (Phi) is 3.91. The van der Waals surface area contributed by atoms with Crippen LogP contribution in [0.2, 0.25) is 0 Å². The molecule has 5 nitrogen and oxygen atoms in total. The Morgan fingerprint density at radius 2 is 1.80 bits per heavy atom. The van der Waals surface area contributed by atoms with E-state index in [0.717, 1.165) is 40.0 Å². The highest BCUT2D eigenvalue weighted by atomic mass is 16.3. The molecule has 5 heteroatoms. The minimum Gasteiger partial charge on any atom is -0.452 e. The molecule has 0 saturated carbocycles. The Bertz CT molecular complexity index is 1390. The van der Waals surface area contributed by atoms with E-state index >= 15 is 0 Å². The van der Waals surface area contributed by atoms with Gasteiger partial charge in [0.1, 0.15) is 16.9 Å². The van der Waals surface area contributed by atoms with Crippen LogP contribution >= 0.6 is 0 Å². The zero-order chi connectivity index (χ0) is 21.3. The summed E-state index contributed by atoms with van der Waals surface area (Å²) >= 11 is 0. The number of rotatable bonds is 3.